The summed E-state index contributed by atoms with van der Waals surface area (Å²) in [5.74, 6) is -3.84. The van der Waals surface area contributed by atoms with Crippen molar-refractivity contribution >= 4 is 17.9 Å². The van der Waals surface area contributed by atoms with Gasteiger partial charge in [-0.05, 0) is 59.3 Å². The summed E-state index contributed by atoms with van der Waals surface area (Å²) in [5.41, 5.74) is 0. The molecule has 2 N–H and O–H groups in total. The van der Waals surface area contributed by atoms with E-state index in [1.807, 2.05) is 0 Å². The van der Waals surface area contributed by atoms with Gasteiger partial charge in [0, 0.05) is 0 Å². The van der Waals surface area contributed by atoms with Gasteiger partial charge in [0.15, 0.2) is 12.1 Å². The molecule has 7 heteroatoms. The number of allylic oxidation sites excluding steroid dienone is 2. The first-order valence-corrected chi connectivity index (χ1v) is 11.8. The van der Waals surface area contributed by atoms with E-state index < -0.39 is 40.5 Å². The van der Waals surface area contributed by atoms with Crippen molar-refractivity contribution < 1.29 is 34.2 Å². The first kappa shape index (κ1) is 29.1. The zero-order chi connectivity index (χ0) is 23.9. The Hall–Kier alpha value is -1.89. The Bertz CT molecular complexity index is 524. The van der Waals surface area contributed by atoms with Crippen LogP contribution in [0.5, 0.6) is 0 Å². The van der Waals surface area contributed by atoms with Gasteiger partial charge in [-0.15, -0.1) is 0 Å². The summed E-state index contributed by atoms with van der Waals surface area (Å²) in [6.07, 6.45) is 16.2. The predicted octanol–water partition coefficient (Wildman–Crippen LogP) is 3.76. The highest BCUT2D eigenvalue weighted by atomic mass is 16.4. The number of unbranched alkanes of at least 4 members (excludes halogenated alkanes) is 9. The van der Waals surface area contributed by atoms with Crippen LogP contribution in [0.15, 0.2) is 12.2 Å². The van der Waals surface area contributed by atoms with Crippen LogP contribution in [-0.4, -0.2) is 57.3 Å². The Morgan fingerprint density at radius 2 is 1.16 bits per heavy atom. The quantitative estimate of drug-likeness (QED) is 0.179. The second kappa shape index (κ2) is 15.8. The molecule has 31 heavy (non-hydrogen) atoms. The number of carbonyl (C=O) groups excluding carboxylic acids is 1. The molecule has 0 aromatic rings. The monoisotopic (exact) mass is 441 g/mol. The van der Waals surface area contributed by atoms with Gasteiger partial charge in [0.25, 0.3) is 0 Å². The second-order valence-electron chi connectivity index (χ2n) is 8.62. The maximum Gasteiger partial charge on any atom is 0.362 e. The van der Waals surface area contributed by atoms with Crippen LogP contribution >= 0.6 is 0 Å². The number of aliphatic carboxylic acids is 3. The zero-order valence-electron chi connectivity index (χ0n) is 19.8. The van der Waals surface area contributed by atoms with Crippen molar-refractivity contribution in [3.63, 3.8) is 0 Å². The lowest BCUT2D eigenvalue weighted by Gasteiger charge is -2.49. The van der Waals surface area contributed by atoms with Crippen LogP contribution in [0.25, 0.3) is 0 Å². The van der Waals surface area contributed by atoms with Crippen LogP contribution < -0.4 is 5.11 Å². The molecule has 3 unspecified atom stereocenters. The summed E-state index contributed by atoms with van der Waals surface area (Å²) in [7, 11) is 0. The molecule has 0 aliphatic rings. The van der Waals surface area contributed by atoms with Crippen LogP contribution in [0.1, 0.15) is 98.3 Å². The maximum absolute atomic E-state index is 11.7. The van der Waals surface area contributed by atoms with E-state index in [9.17, 15) is 29.7 Å². The van der Waals surface area contributed by atoms with E-state index in [2.05, 4.69) is 19.1 Å². The average Bonchev–Trinajstić information content (AvgIpc) is 2.72. The highest BCUT2D eigenvalue weighted by Crippen LogP contribution is 2.27. The fraction of sp³-hybridized carbons (Fsp3) is 0.792. The average molecular weight is 442 g/mol. The number of hydrogen-bond acceptors (Lipinski definition) is 4. The van der Waals surface area contributed by atoms with Crippen molar-refractivity contribution in [1.29, 1.82) is 0 Å². The second-order valence-corrected chi connectivity index (χ2v) is 8.62. The van der Waals surface area contributed by atoms with Crippen molar-refractivity contribution in [3.8, 4) is 0 Å². The minimum atomic E-state index is -1.43. The topological polar surface area (TPSA) is 115 Å². The van der Waals surface area contributed by atoms with Crippen molar-refractivity contribution in [1.82, 2.24) is 0 Å². The molecular formula is C24H43NO6. The van der Waals surface area contributed by atoms with E-state index in [-0.39, 0.29) is 6.54 Å². The smallest absolute Gasteiger partial charge is 0.362 e. The Kier molecular flexibility index (Phi) is 14.9. The van der Waals surface area contributed by atoms with E-state index in [0.29, 0.717) is 6.42 Å². The third-order valence-corrected chi connectivity index (χ3v) is 6.53. The molecule has 0 aliphatic heterocycles. The van der Waals surface area contributed by atoms with Crippen molar-refractivity contribution in [2.45, 2.75) is 116 Å². The molecule has 0 heterocycles. The number of carboxylic acids is 3. The SMILES string of the molecule is CCCCC/C=C/CCCCCCCC[N+](C(C)C(=O)[O-])(C(C)C(=O)O)C(C)C(=O)O. The third-order valence-electron chi connectivity index (χ3n) is 6.53. The van der Waals surface area contributed by atoms with Gasteiger partial charge in [0.05, 0.1) is 12.5 Å². The number of hydrogen-bond donors (Lipinski definition) is 2. The van der Waals surface area contributed by atoms with E-state index in [4.69, 9.17) is 0 Å². The summed E-state index contributed by atoms with van der Waals surface area (Å²) in [5, 5.41) is 30.7. The maximum atomic E-state index is 11.7. The van der Waals surface area contributed by atoms with Gasteiger partial charge < -0.3 is 20.1 Å². The molecule has 0 fully saturated rings. The minimum Gasteiger partial charge on any atom is -0.544 e. The molecule has 0 spiro atoms. The molecule has 0 aliphatic carbocycles. The molecule has 0 saturated heterocycles. The van der Waals surface area contributed by atoms with E-state index in [0.717, 1.165) is 44.9 Å². The molecule has 0 aromatic heterocycles. The molecular weight excluding hydrogens is 398 g/mol. The number of carbonyl (C=O) groups is 3. The molecule has 0 rings (SSSR count). The van der Waals surface area contributed by atoms with Gasteiger partial charge in [0.2, 0.25) is 0 Å². The zero-order valence-corrected chi connectivity index (χ0v) is 19.8. The number of rotatable bonds is 19. The fourth-order valence-corrected chi connectivity index (χ4v) is 4.30. The van der Waals surface area contributed by atoms with Crippen LogP contribution in [-0.2, 0) is 14.4 Å². The molecule has 0 saturated carbocycles. The lowest BCUT2D eigenvalue weighted by Crippen LogP contribution is -2.72. The standard InChI is InChI=1S/C24H43NO6/c1-5-6-7-8-9-10-11-12-13-14-15-16-17-18-25(19(2)22(26)27,20(3)23(28)29)21(4)24(30)31/h9-10,19-21H,5-8,11-18H2,1-4H3,(H2-,26,27,28,29,30,31)/b10-9+. The number of carboxylic acid groups (broad SMARTS) is 3. The fourth-order valence-electron chi connectivity index (χ4n) is 4.30. The van der Waals surface area contributed by atoms with Gasteiger partial charge in [-0.2, -0.15) is 0 Å². The molecule has 180 valence electrons. The van der Waals surface area contributed by atoms with Gasteiger partial charge in [-0.1, -0.05) is 51.2 Å². The van der Waals surface area contributed by atoms with Crippen molar-refractivity contribution in [3.05, 3.63) is 12.2 Å². The van der Waals surface area contributed by atoms with Gasteiger partial charge >= 0.3 is 11.9 Å². The summed E-state index contributed by atoms with van der Waals surface area (Å²) in [6, 6.07) is -3.56. The number of nitrogens with zero attached hydrogens (tertiary/aromatic N) is 1. The highest BCUT2D eigenvalue weighted by molar-refractivity contribution is 5.76. The highest BCUT2D eigenvalue weighted by Gasteiger charge is 2.50. The van der Waals surface area contributed by atoms with Gasteiger partial charge in [-0.25, -0.2) is 9.59 Å². The van der Waals surface area contributed by atoms with Crippen LogP contribution in [0, 0.1) is 0 Å². The van der Waals surface area contributed by atoms with Crippen molar-refractivity contribution in [2.75, 3.05) is 6.54 Å². The van der Waals surface area contributed by atoms with Crippen LogP contribution in [0.4, 0.5) is 0 Å². The summed E-state index contributed by atoms with van der Waals surface area (Å²) >= 11 is 0. The third kappa shape index (κ3) is 9.85. The van der Waals surface area contributed by atoms with Gasteiger partial charge in [0.1, 0.15) is 6.04 Å². The molecule has 0 amide bonds. The normalized spacial score (nSPS) is 16.5. The molecule has 0 aromatic carbocycles. The largest absolute Gasteiger partial charge is 0.544 e. The van der Waals surface area contributed by atoms with Crippen LogP contribution in [0.3, 0.4) is 0 Å². The van der Waals surface area contributed by atoms with Crippen LogP contribution in [0.2, 0.25) is 0 Å². The Morgan fingerprint density at radius 1 is 0.742 bits per heavy atom. The Balaban J connectivity index is 4.64. The molecule has 0 bridgehead atoms. The predicted molar refractivity (Wildman–Crippen MR) is 119 cm³/mol. The minimum absolute atomic E-state index is 0.177. The number of quaternary nitrogens is 1. The molecule has 3 atom stereocenters. The van der Waals surface area contributed by atoms with E-state index in [1.54, 1.807) is 0 Å². The summed E-state index contributed by atoms with van der Waals surface area (Å²) < 4.78 is -0.546. The van der Waals surface area contributed by atoms with E-state index in [1.165, 1.54) is 40.0 Å². The lowest BCUT2D eigenvalue weighted by molar-refractivity contribution is -0.969. The first-order chi connectivity index (χ1) is 14.6. The lowest BCUT2D eigenvalue weighted by atomic mass is 10.00. The summed E-state index contributed by atoms with van der Waals surface area (Å²) in [6.45, 7) is 6.50. The Labute approximate surface area is 187 Å². The summed E-state index contributed by atoms with van der Waals surface area (Å²) in [4.78, 5) is 35.0. The van der Waals surface area contributed by atoms with E-state index >= 15 is 0 Å². The van der Waals surface area contributed by atoms with Gasteiger partial charge in [-0.3, -0.25) is 4.48 Å². The molecule has 0 radical (unpaired) electrons. The molecule has 7 nitrogen and oxygen atoms in total. The Morgan fingerprint density at radius 3 is 1.58 bits per heavy atom. The first-order valence-electron chi connectivity index (χ1n) is 11.8. The van der Waals surface area contributed by atoms with Crippen molar-refractivity contribution in [2.24, 2.45) is 0 Å².